The van der Waals surface area contributed by atoms with Gasteiger partial charge in [0, 0.05) is 31.6 Å². The van der Waals surface area contributed by atoms with E-state index in [0.29, 0.717) is 24.6 Å². The highest BCUT2D eigenvalue weighted by Gasteiger charge is 2.29. The van der Waals surface area contributed by atoms with Gasteiger partial charge in [0.1, 0.15) is 31.5 Å². The Kier molecular flexibility index (Phi) is 13.8. The van der Waals surface area contributed by atoms with E-state index in [1.807, 2.05) is 115 Å². The Balaban J connectivity index is 1.27. The summed E-state index contributed by atoms with van der Waals surface area (Å²) in [7, 11) is 0. The molecule has 0 saturated heterocycles. The molecule has 11 heteroatoms. The second-order valence-corrected chi connectivity index (χ2v) is 12.0. The molecule has 5 aromatic rings. The lowest BCUT2D eigenvalue weighted by Gasteiger charge is -2.28. The van der Waals surface area contributed by atoms with E-state index in [0.717, 1.165) is 28.7 Å². The molecular formula is C40H44N6O5. The topological polar surface area (TPSA) is 138 Å². The first kappa shape index (κ1) is 36.3. The fourth-order valence-electron chi connectivity index (χ4n) is 5.41. The van der Waals surface area contributed by atoms with Crippen LogP contribution in [0.4, 0.5) is 4.79 Å². The molecule has 0 bridgehead atoms. The first-order chi connectivity index (χ1) is 25.0. The largest absolute Gasteiger partial charge is 0.489 e. The maximum Gasteiger partial charge on any atom is 0.408 e. The average Bonchev–Trinajstić information content (AvgIpc) is 3.69. The van der Waals surface area contributed by atoms with Gasteiger partial charge in [0.25, 0.3) is 5.91 Å². The van der Waals surface area contributed by atoms with E-state index in [4.69, 9.17) is 9.47 Å². The number of aromatic amines is 1. The number of carbonyl (C=O) groups is 3. The predicted octanol–water partition coefficient (Wildman–Crippen LogP) is 5.67. The lowest BCUT2D eigenvalue weighted by atomic mass is 9.96. The molecule has 1 aromatic heterocycles. The first-order valence-corrected chi connectivity index (χ1v) is 17.0. The van der Waals surface area contributed by atoms with Crippen LogP contribution in [0.3, 0.4) is 0 Å². The van der Waals surface area contributed by atoms with Gasteiger partial charge in [-0.1, -0.05) is 110 Å². The van der Waals surface area contributed by atoms with Crippen LogP contribution in [0.1, 0.15) is 47.2 Å². The number of aromatic nitrogens is 2. The van der Waals surface area contributed by atoms with Crippen LogP contribution in [-0.4, -0.2) is 52.0 Å². The van der Waals surface area contributed by atoms with Crippen molar-refractivity contribution in [2.24, 2.45) is 0 Å². The first-order valence-electron chi connectivity index (χ1n) is 17.0. The van der Waals surface area contributed by atoms with Crippen LogP contribution in [0.2, 0.25) is 0 Å². The number of imidazole rings is 1. The van der Waals surface area contributed by atoms with Crippen LogP contribution in [0.15, 0.2) is 128 Å². The van der Waals surface area contributed by atoms with Crippen molar-refractivity contribution in [2.45, 2.75) is 51.5 Å². The van der Waals surface area contributed by atoms with E-state index in [1.54, 1.807) is 6.20 Å². The number of carbonyl (C=O) groups excluding carboxylic acids is 3. The van der Waals surface area contributed by atoms with Crippen molar-refractivity contribution in [3.8, 4) is 5.75 Å². The van der Waals surface area contributed by atoms with E-state index in [-0.39, 0.29) is 37.9 Å². The lowest BCUT2D eigenvalue weighted by Crippen LogP contribution is -2.56. The van der Waals surface area contributed by atoms with Crippen LogP contribution in [0, 0.1) is 0 Å². The Morgan fingerprint density at radius 3 is 2.08 bits per heavy atom. The number of benzene rings is 4. The molecule has 264 valence electrons. The minimum absolute atomic E-state index is 0.0332. The van der Waals surface area contributed by atoms with Crippen molar-refractivity contribution in [3.05, 3.63) is 156 Å². The standard InChI is InChI=1S/C40H44N6O5/c1-2-33(34-16-10-5-11-17-34)24-42-38(47)26-46(44-23-30-18-20-36(21-19-30)50-27-31-12-6-3-7-13-31)39(48)37(22-35-25-41-29-43-35)45-40(49)51-28-32-14-8-4-9-15-32/h3-21,25,29,33,37,44H,2,22-24,26-28H2,1H3,(H,41,43)(H,42,47)(H,45,49). The Hall–Kier alpha value is -5.94. The van der Waals surface area contributed by atoms with Gasteiger partial charge in [0.2, 0.25) is 5.91 Å². The zero-order valence-electron chi connectivity index (χ0n) is 28.7. The summed E-state index contributed by atoms with van der Waals surface area (Å²) in [6.07, 6.45) is 3.28. The summed E-state index contributed by atoms with van der Waals surface area (Å²) in [5.74, 6) is -0.0535. The fraction of sp³-hybridized carbons (Fsp3) is 0.250. The molecule has 2 atom stereocenters. The monoisotopic (exact) mass is 688 g/mol. The van der Waals surface area contributed by atoms with Crippen molar-refractivity contribution in [3.63, 3.8) is 0 Å². The summed E-state index contributed by atoms with van der Waals surface area (Å²) in [5, 5.41) is 6.94. The van der Waals surface area contributed by atoms with Crippen molar-refractivity contribution in [1.82, 2.24) is 31.0 Å². The van der Waals surface area contributed by atoms with Gasteiger partial charge in [0.15, 0.2) is 0 Å². The van der Waals surface area contributed by atoms with Gasteiger partial charge in [-0.15, -0.1) is 0 Å². The molecule has 0 fully saturated rings. The number of hydrogen-bond donors (Lipinski definition) is 4. The van der Waals surface area contributed by atoms with Crippen molar-refractivity contribution in [1.29, 1.82) is 0 Å². The van der Waals surface area contributed by atoms with Gasteiger partial charge in [-0.25, -0.2) is 15.2 Å². The van der Waals surface area contributed by atoms with Crippen LogP contribution < -0.4 is 20.8 Å². The maximum absolute atomic E-state index is 14.2. The quantitative estimate of drug-likeness (QED) is 0.0871. The van der Waals surface area contributed by atoms with Crippen LogP contribution in [-0.2, 0) is 40.5 Å². The molecule has 0 saturated carbocycles. The molecule has 0 spiro atoms. The number of rotatable bonds is 18. The maximum atomic E-state index is 14.2. The predicted molar refractivity (Wildman–Crippen MR) is 194 cm³/mol. The zero-order chi connectivity index (χ0) is 35.7. The van der Waals surface area contributed by atoms with Gasteiger partial charge >= 0.3 is 6.09 Å². The summed E-state index contributed by atoms with van der Waals surface area (Å²) in [6, 6.07) is 35.6. The summed E-state index contributed by atoms with van der Waals surface area (Å²) in [5.41, 5.74) is 7.53. The van der Waals surface area contributed by atoms with Gasteiger partial charge in [-0.05, 0) is 40.8 Å². The molecular weight excluding hydrogens is 644 g/mol. The van der Waals surface area contributed by atoms with Crippen molar-refractivity contribution in [2.75, 3.05) is 13.1 Å². The molecule has 5 rings (SSSR count). The van der Waals surface area contributed by atoms with Crippen molar-refractivity contribution < 1.29 is 23.9 Å². The third-order valence-electron chi connectivity index (χ3n) is 8.29. The minimum atomic E-state index is -1.08. The molecule has 11 nitrogen and oxygen atoms in total. The molecule has 4 aromatic carbocycles. The molecule has 0 radical (unpaired) electrons. The smallest absolute Gasteiger partial charge is 0.408 e. The number of hydrazine groups is 1. The number of nitrogens with zero attached hydrogens (tertiary/aromatic N) is 2. The third-order valence-corrected chi connectivity index (χ3v) is 8.29. The van der Waals surface area contributed by atoms with E-state index < -0.39 is 18.0 Å². The molecule has 1 heterocycles. The lowest BCUT2D eigenvalue weighted by molar-refractivity contribution is -0.141. The fourth-order valence-corrected chi connectivity index (χ4v) is 5.41. The summed E-state index contributed by atoms with van der Waals surface area (Å²) in [4.78, 5) is 47.7. The van der Waals surface area contributed by atoms with Gasteiger partial charge in [-0.3, -0.25) is 14.6 Å². The second kappa shape index (κ2) is 19.3. The molecule has 0 aliphatic rings. The van der Waals surface area contributed by atoms with Crippen LogP contribution in [0.5, 0.6) is 5.75 Å². The number of ether oxygens (including phenoxy) is 2. The van der Waals surface area contributed by atoms with E-state index in [9.17, 15) is 14.4 Å². The number of alkyl carbamates (subject to hydrolysis) is 1. The molecule has 2 unspecified atom stereocenters. The minimum Gasteiger partial charge on any atom is -0.489 e. The Labute approximate surface area is 298 Å². The average molecular weight is 689 g/mol. The summed E-state index contributed by atoms with van der Waals surface area (Å²) >= 11 is 0. The zero-order valence-corrected chi connectivity index (χ0v) is 28.7. The van der Waals surface area contributed by atoms with Crippen LogP contribution >= 0.6 is 0 Å². The number of hydrogen-bond acceptors (Lipinski definition) is 7. The molecule has 3 amide bonds. The Morgan fingerprint density at radius 1 is 0.804 bits per heavy atom. The van der Waals surface area contributed by atoms with Crippen LogP contribution in [0.25, 0.3) is 0 Å². The third kappa shape index (κ3) is 11.9. The number of amides is 3. The van der Waals surface area contributed by atoms with E-state index >= 15 is 0 Å². The van der Waals surface area contributed by atoms with Gasteiger partial charge in [0.05, 0.1) is 12.0 Å². The molecule has 0 aliphatic heterocycles. The molecule has 51 heavy (non-hydrogen) atoms. The summed E-state index contributed by atoms with van der Waals surface area (Å²) < 4.78 is 11.4. The number of nitrogens with one attached hydrogen (secondary N) is 4. The van der Waals surface area contributed by atoms with Crippen molar-refractivity contribution >= 4 is 17.9 Å². The normalized spacial score (nSPS) is 11.9. The Bertz CT molecular complexity index is 1770. The second-order valence-electron chi connectivity index (χ2n) is 12.0. The van der Waals surface area contributed by atoms with Gasteiger partial charge in [-0.2, -0.15) is 0 Å². The Morgan fingerprint density at radius 2 is 1.45 bits per heavy atom. The highest BCUT2D eigenvalue weighted by atomic mass is 16.5. The number of H-pyrrole nitrogens is 1. The SMILES string of the molecule is CCC(CNC(=O)CN(NCc1ccc(OCc2ccccc2)cc1)C(=O)C(Cc1c[nH]cn1)NC(=O)OCc1ccccc1)c1ccccc1. The molecule has 0 aliphatic carbocycles. The molecule has 4 N–H and O–H groups in total. The van der Waals surface area contributed by atoms with Gasteiger partial charge < -0.3 is 25.1 Å². The summed E-state index contributed by atoms with van der Waals surface area (Å²) in [6.45, 7) is 2.89. The highest BCUT2D eigenvalue weighted by Crippen LogP contribution is 2.18. The van der Waals surface area contributed by atoms with E-state index in [1.165, 1.54) is 11.3 Å². The highest BCUT2D eigenvalue weighted by molar-refractivity contribution is 5.89. The van der Waals surface area contributed by atoms with E-state index in [2.05, 4.69) is 33.0 Å².